The summed E-state index contributed by atoms with van der Waals surface area (Å²) in [6.07, 6.45) is -4.48. The molecule has 0 saturated carbocycles. The zero-order valence-electron chi connectivity index (χ0n) is 6.11. The number of hydrogen-bond acceptors (Lipinski definition) is 2. The number of carbonyl (C=O) groups excluding carboxylic acids is 1. The number of halogens is 3. The van der Waals surface area contributed by atoms with Crippen LogP contribution < -0.4 is 10.6 Å². The quantitative estimate of drug-likeness (QED) is 0.435. The van der Waals surface area contributed by atoms with Crippen LogP contribution in [0.4, 0.5) is 18.0 Å². The number of carbonyl (C=O) groups is 1. The fourth-order valence-corrected chi connectivity index (χ4v) is 0.454. The second kappa shape index (κ2) is 4.81. The van der Waals surface area contributed by atoms with E-state index in [-0.39, 0.29) is 19.6 Å². The molecule has 0 spiro atoms. The first-order chi connectivity index (χ1) is 5.45. The first-order valence-corrected chi connectivity index (χ1v) is 3.19. The van der Waals surface area contributed by atoms with Crippen LogP contribution in [0.2, 0.25) is 0 Å². The molecule has 72 valence electrons. The Morgan fingerprint density at radius 1 is 1.42 bits per heavy atom. The fraction of sp³-hybridized carbons (Fsp3) is 0.800. The molecule has 0 rings (SSSR count). The van der Waals surface area contributed by atoms with Gasteiger partial charge >= 0.3 is 12.3 Å². The van der Waals surface area contributed by atoms with Gasteiger partial charge in [-0.25, -0.2) is 10.1 Å². The molecule has 0 saturated heterocycles. The van der Waals surface area contributed by atoms with Crippen molar-refractivity contribution >= 4 is 6.03 Å². The summed E-state index contributed by atoms with van der Waals surface area (Å²) in [6.45, 7) is -0.162. The third kappa shape index (κ3) is 7.13. The molecule has 4 nitrogen and oxygen atoms in total. The lowest BCUT2D eigenvalue weighted by Gasteiger charge is -2.08. The van der Waals surface area contributed by atoms with Crippen LogP contribution in [0.5, 0.6) is 0 Å². The van der Waals surface area contributed by atoms with Crippen molar-refractivity contribution in [2.45, 2.75) is 12.7 Å². The van der Waals surface area contributed by atoms with Gasteiger partial charge in [0.25, 0.3) is 0 Å². The lowest BCUT2D eigenvalue weighted by Crippen LogP contribution is -2.44. The van der Waals surface area contributed by atoms with Crippen molar-refractivity contribution in [1.29, 1.82) is 0 Å². The molecule has 0 aromatic rings. The summed E-state index contributed by atoms with van der Waals surface area (Å²) in [4.78, 5) is 10.3. The number of alkyl halides is 3. The van der Waals surface area contributed by atoms with Crippen molar-refractivity contribution in [3.05, 3.63) is 0 Å². The predicted molar refractivity (Wildman–Crippen MR) is 34.3 cm³/mol. The number of hydrogen-bond donors (Lipinski definition) is 3. The summed E-state index contributed by atoms with van der Waals surface area (Å²) in [5, 5.41) is 10.9. The Morgan fingerprint density at radius 3 is 2.42 bits per heavy atom. The third-order valence-corrected chi connectivity index (χ3v) is 0.876. The molecule has 0 radical (unpaired) electrons. The topological polar surface area (TPSA) is 61.4 Å². The normalized spacial score (nSPS) is 11.0. The second-order valence-corrected chi connectivity index (χ2v) is 1.96. The van der Waals surface area contributed by atoms with Crippen molar-refractivity contribution in [2.75, 3.05) is 13.2 Å². The molecule has 3 N–H and O–H groups in total. The van der Waals surface area contributed by atoms with Gasteiger partial charge in [0, 0.05) is 13.2 Å². The van der Waals surface area contributed by atoms with Crippen LogP contribution in [0, 0.1) is 0 Å². The van der Waals surface area contributed by atoms with Crippen molar-refractivity contribution < 1.29 is 23.1 Å². The molecule has 12 heavy (non-hydrogen) atoms. The third-order valence-electron chi connectivity index (χ3n) is 0.876. The van der Waals surface area contributed by atoms with Gasteiger partial charge in [0.15, 0.2) is 0 Å². The van der Waals surface area contributed by atoms with Gasteiger partial charge in [0.05, 0.1) is 0 Å². The van der Waals surface area contributed by atoms with Crippen molar-refractivity contribution in [3.63, 3.8) is 0 Å². The summed E-state index contributed by atoms with van der Waals surface area (Å²) >= 11 is 0. The highest BCUT2D eigenvalue weighted by Crippen LogP contribution is 2.08. The first-order valence-electron chi connectivity index (χ1n) is 3.19. The summed E-state index contributed by atoms with van der Waals surface area (Å²) in [5.74, 6) is 0. The molecule has 0 aliphatic heterocycles. The van der Waals surface area contributed by atoms with Gasteiger partial charge in [0.2, 0.25) is 0 Å². The van der Waals surface area contributed by atoms with E-state index >= 15 is 0 Å². The average molecular weight is 186 g/mol. The lowest BCUT2D eigenvalue weighted by molar-refractivity contribution is -0.145. The minimum Gasteiger partial charge on any atom is -0.396 e. The highest BCUT2D eigenvalue weighted by molar-refractivity contribution is 5.74. The molecule has 0 bridgehead atoms. The van der Waals surface area contributed by atoms with Gasteiger partial charge in [-0.15, -0.1) is 0 Å². The largest absolute Gasteiger partial charge is 0.485 e. The number of urea groups is 1. The smallest absolute Gasteiger partial charge is 0.396 e. The molecule has 0 aromatic heterocycles. The van der Waals surface area contributed by atoms with Crippen LogP contribution in [0.3, 0.4) is 0 Å². The standard InChI is InChI=1S/C5H9F3N2O2/c6-5(7,8)10-4(12)9-2-1-3-11/h11H,1-3H2,(H2,9,10,12). The Labute approximate surface area is 66.8 Å². The van der Waals surface area contributed by atoms with Gasteiger partial charge in [-0.3, -0.25) is 0 Å². The van der Waals surface area contributed by atoms with Gasteiger partial charge < -0.3 is 10.4 Å². The van der Waals surface area contributed by atoms with Gasteiger partial charge in [-0.2, -0.15) is 13.2 Å². The van der Waals surface area contributed by atoms with E-state index in [1.165, 1.54) is 0 Å². The van der Waals surface area contributed by atoms with Crippen LogP contribution in [-0.2, 0) is 0 Å². The van der Waals surface area contributed by atoms with E-state index in [4.69, 9.17) is 5.11 Å². The Balaban J connectivity index is 3.47. The van der Waals surface area contributed by atoms with Crippen LogP contribution in [-0.4, -0.2) is 30.6 Å². The van der Waals surface area contributed by atoms with Gasteiger partial charge in [-0.1, -0.05) is 0 Å². The van der Waals surface area contributed by atoms with E-state index in [9.17, 15) is 18.0 Å². The maximum atomic E-state index is 11.4. The molecule has 0 fully saturated rings. The molecule has 0 aliphatic carbocycles. The minimum absolute atomic E-state index is 0.0123. The molecule has 0 aliphatic rings. The molecule has 0 aromatic carbocycles. The van der Waals surface area contributed by atoms with E-state index in [1.807, 2.05) is 5.32 Å². The summed E-state index contributed by atoms with van der Waals surface area (Å²) in [5.41, 5.74) is 0. The molecule has 2 amide bonds. The summed E-state index contributed by atoms with van der Waals surface area (Å²) in [7, 11) is 0. The highest BCUT2D eigenvalue weighted by Gasteiger charge is 2.29. The fourth-order valence-electron chi connectivity index (χ4n) is 0.454. The Hall–Kier alpha value is -0.980. The Bertz CT molecular complexity index is 148. The number of amides is 2. The number of aliphatic hydroxyl groups is 1. The van der Waals surface area contributed by atoms with Crippen LogP contribution in [0.1, 0.15) is 6.42 Å². The Morgan fingerprint density at radius 2 is 2.00 bits per heavy atom. The van der Waals surface area contributed by atoms with Crippen LogP contribution in [0.15, 0.2) is 0 Å². The molecule has 7 heteroatoms. The Kier molecular flexibility index (Phi) is 4.42. The number of nitrogens with one attached hydrogen (secondary N) is 2. The van der Waals surface area contributed by atoms with Crippen molar-refractivity contribution in [3.8, 4) is 0 Å². The maximum Gasteiger partial charge on any atom is 0.485 e. The van der Waals surface area contributed by atoms with E-state index in [1.54, 1.807) is 0 Å². The zero-order chi connectivity index (χ0) is 9.61. The van der Waals surface area contributed by atoms with E-state index in [2.05, 4.69) is 0 Å². The number of aliphatic hydroxyl groups excluding tert-OH is 1. The van der Waals surface area contributed by atoms with Crippen LogP contribution in [0.25, 0.3) is 0 Å². The first kappa shape index (κ1) is 11.0. The van der Waals surface area contributed by atoms with E-state index < -0.39 is 12.3 Å². The molecule has 0 unspecified atom stereocenters. The lowest BCUT2D eigenvalue weighted by atomic mass is 10.4. The zero-order valence-corrected chi connectivity index (χ0v) is 6.11. The number of rotatable bonds is 3. The average Bonchev–Trinajstić information content (AvgIpc) is 1.84. The minimum atomic E-state index is -4.71. The van der Waals surface area contributed by atoms with Gasteiger partial charge in [0.1, 0.15) is 0 Å². The van der Waals surface area contributed by atoms with E-state index in [0.29, 0.717) is 0 Å². The maximum absolute atomic E-state index is 11.4. The predicted octanol–water partition coefficient (Wildman–Crippen LogP) is 0.188. The summed E-state index contributed by atoms with van der Waals surface area (Å²) < 4.78 is 34.2. The molecular weight excluding hydrogens is 177 g/mol. The van der Waals surface area contributed by atoms with E-state index in [0.717, 1.165) is 5.32 Å². The van der Waals surface area contributed by atoms with Crippen molar-refractivity contribution in [2.24, 2.45) is 0 Å². The molecular formula is C5H9F3N2O2. The second-order valence-electron chi connectivity index (χ2n) is 1.96. The SMILES string of the molecule is O=C(NCCCO)NC(F)(F)F. The van der Waals surface area contributed by atoms with Gasteiger partial charge in [-0.05, 0) is 6.42 Å². The molecule has 0 heterocycles. The monoisotopic (exact) mass is 186 g/mol. The van der Waals surface area contributed by atoms with Crippen molar-refractivity contribution in [1.82, 2.24) is 10.6 Å². The molecule has 0 atom stereocenters. The highest BCUT2D eigenvalue weighted by atomic mass is 19.4. The summed E-state index contributed by atoms with van der Waals surface area (Å²) in [6, 6.07) is -1.31. The van der Waals surface area contributed by atoms with Crippen LogP contribution >= 0.6 is 0 Å².